The van der Waals surface area contributed by atoms with Gasteiger partial charge in [-0.1, -0.05) is 0 Å². The van der Waals surface area contributed by atoms with Gasteiger partial charge in [-0.25, -0.2) is 0 Å². The van der Waals surface area contributed by atoms with E-state index in [1.807, 2.05) is 18.0 Å². The van der Waals surface area contributed by atoms with E-state index in [1.54, 1.807) is 10.9 Å². The van der Waals surface area contributed by atoms with Crippen LogP contribution in [0.1, 0.15) is 19.5 Å². The zero-order valence-corrected chi connectivity index (χ0v) is 11.5. The third-order valence-corrected chi connectivity index (χ3v) is 3.65. The summed E-state index contributed by atoms with van der Waals surface area (Å²) in [5, 5.41) is 4.09. The van der Waals surface area contributed by atoms with Crippen LogP contribution in [0.15, 0.2) is 12.3 Å². The van der Waals surface area contributed by atoms with Crippen molar-refractivity contribution >= 4 is 5.91 Å². The number of piperazine rings is 1. The average molecular weight is 250 g/mol. The minimum absolute atomic E-state index is 0.210. The molecule has 5 heteroatoms. The highest BCUT2D eigenvalue weighted by Crippen LogP contribution is 2.08. The summed E-state index contributed by atoms with van der Waals surface area (Å²) >= 11 is 0. The van der Waals surface area contributed by atoms with Gasteiger partial charge in [0.2, 0.25) is 5.91 Å². The summed E-state index contributed by atoms with van der Waals surface area (Å²) in [7, 11) is 1.87. The maximum absolute atomic E-state index is 12.2. The smallest absolute Gasteiger partial charge is 0.228 e. The van der Waals surface area contributed by atoms with Crippen molar-refractivity contribution in [3.8, 4) is 0 Å². The van der Waals surface area contributed by atoms with Crippen molar-refractivity contribution in [2.75, 3.05) is 26.2 Å². The summed E-state index contributed by atoms with van der Waals surface area (Å²) in [4.78, 5) is 16.5. The van der Waals surface area contributed by atoms with Crippen LogP contribution >= 0.6 is 0 Å². The van der Waals surface area contributed by atoms with Crippen molar-refractivity contribution in [3.63, 3.8) is 0 Å². The molecule has 0 atom stereocenters. The first-order chi connectivity index (χ1) is 8.58. The Morgan fingerprint density at radius 3 is 2.50 bits per heavy atom. The Bertz CT molecular complexity index is 405. The Kier molecular flexibility index (Phi) is 4.01. The van der Waals surface area contributed by atoms with Crippen LogP contribution in [0.2, 0.25) is 0 Å². The van der Waals surface area contributed by atoms with Crippen molar-refractivity contribution in [1.82, 2.24) is 19.6 Å². The highest BCUT2D eigenvalue weighted by molar-refractivity contribution is 5.78. The molecule has 1 aliphatic rings. The van der Waals surface area contributed by atoms with Gasteiger partial charge in [0.25, 0.3) is 0 Å². The molecule has 1 aromatic rings. The number of rotatable bonds is 3. The van der Waals surface area contributed by atoms with Gasteiger partial charge < -0.3 is 4.90 Å². The maximum atomic E-state index is 12.2. The second-order valence-corrected chi connectivity index (χ2v) is 5.13. The number of hydrogen-bond acceptors (Lipinski definition) is 3. The molecule has 1 aromatic heterocycles. The van der Waals surface area contributed by atoms with E-state index < -0.39 is 0 Å². The molecule has 18 heavy (non-hydrogen) atoms. The monoisotopic (exact) mass is 250 g/mol. The molecule has 1 saturated heterocycles. The lowest BCUT2D eigenvalue weighted by atomic mass is 10.2. The van der Waals surface area contributed by atoms with Gasteiger partial charge in [0, 0.05) is 51.2 Å². The van der Waals surface area contributed by atoms with Crippen LogP contribution in [-0.4, -0.2) is 57.7 Å². The molecule has 1 amide bonds. The Balaban J connectivity index is 1.86. The number of nitrogens with zero attached hydrogens (tertiary/aromatic N) is 4. The Hall–Kier alpha value is -1.36. The van der Waals surface area contributed by atoms with Crippen molar-refractivity contribution in [1.29, 1.82) is 0 Å². The molecule has 0 saturated carbocycles. The SMILES string of the molecule is CC(C)N1CCN(C(=O)Cc2ccnn2C)CC1. The van der Waals surface area contributed by atoms with E-state index in [0.717, 1.165) is 31.9 Å². The summed E-state index contributed by atoms with van der Waals surface area (Å²) in [5.74, 6) is 0.210. The van der Waals surface area contributed by atoms with Crippen molar-refractivity contribution in [2.45, 2.75) is 26.3 Å². The Labute approximate surface area is 108 Å². The lowest BCUT2D eigenvalue weighted by Gasteiger charge is -2.37. The van der Waals surface area contributed by atoms with E-state index in [0.29, 0.717) is 12.5 Å². The fraction of sp³-hybridized carbons (Fsp3) is 0.692. The van der Waals surface area contributed by atoms with Crippen LogP contribution in [0.3, 0.4) is 0 Å². The number of hydrogen-bond donors (Lipinski definition) is 0. The highest BCUT2D eigenvalue weighted by Gasteiger charge is 2.22. The average Bonchev–Trinajstić information content (AvgIpc) is 2.75. The van der Waals surface area contributed by atoms with Gasteiger partial charge in [-0.05, 0) is 19.9 Å². The third kappa shape index (κ3) is 2.90. The predicted octanol–water partition coefficient (Wildman–Crippen LogP) is 0.515. The van der Waals surface area contributed by atoms with Crippen LogP contribution in [0.25, 0.3) is 0 Å². The quantitative estimate of drug-likeness (QED) is 0.785. The normalized spacial score (nSPS) is 17.4. The van der Waals surface area contributed by atoms with Gasteiger partial charge in [-0.15, -0.1) is 0 Å². The van der Waals surface area contributed by atoms with E-state index in [4.69, 9.17) is 0 Å². The van der Waals surface area contributed by atoms with Gasteiger partial charge in [0.15, 0.2) is 0 Å². The molecule has 0 unspecified atom stereocenters. The number of carbonyl (C=O) groups excluding carboxylic acids is 1. The lowest BCUT2D eigenvalue weighted by molar-refractivity contribution is -0.132. The highest BCUT2D eigenvalue weighted by atomic mass is 16.2. The fourth-order valence-electron chi connectivity index (χ4n) is 2.33. The summed E-state index contributed by atoms with van der Waals surface area (Å²) in [5.41, 5.74) is 0.978. The number of aromatic nitrogens is 2. The molecular formula is C13H22N4O. The first-order valence-corrected chi connectivity index (χ1v) is 6.56. The van der Waals surface area contributed by atoms with E-state index >= 15 is 0 Å². The van der Waals surface area contributed by atoms with Crippen molar-refractivity contribution in [3.05, 3.63) is 18.0 Å². The van der Waals surface area contributed by atoms with Gasteiger partial charge in [0.05, 0.1) is 6.42 Å². The van der Waals surface area contributed by atoms with E-state index in [9.17, 15) is 4.79 Å². The van der Waals surface area contributed by atoms with Crippen molar-refractivity contribution in [2.24, 2.45) is 7.05 Å². The molecular weight excluding hydrogens is 228 g/mol. The molecule has 0 aromatic carbocycles. The molecule has 100 valence electrons. The van der Waals surface area contributed by atoms with Gasteiger partial charge in [0.1, 0.15) is 0 Å². The van der Waals surface area contributed by atoms with Crippen LogP contribution in [-0.2, 0) is 18.3 Å². The molecule has 0 aliphatic carbocycles. The van der Waals surface area contributed by atoms with Crippen LogP contribution in [0.5, 0.6) is 0 Å². The van der Waals surface area contributed by atoms with Crippen LogP contribution in [0, 0.1) is 0 Å². The van der Waals surface area contributed by atoms with E-state index in [2.05, 4.69) is 23.8 Å². The summed E-state index contributed by atoms with van der Waals surface area (Å²) in [6.45, 7) is 8.05. The Morgan fingerprint density at radius 1 is 1.33 bits per heavy atom. The minimum atomic E-state index is 0.210. The second kappa shape index (κ2) is 5.52. The zero-order valence-electron chi connectivity index (χ0n) is 11.5. The van der Waals surface area contributed by atoms with Gasteiger partial charge in [-0.3, -0.25) is 14.4 Å². The minimum Gasteiger partial charge on any atom is -0.340 e. The summed E-state index contributed by atoms with van der Waals surface area (Å²) in [6.07, 6.45) is 2.19. The standard InChI is InChI=1S/C13H22N4O/c1-11(2)16-6-8-17(9-7-16)13(18)10-12-4-5-14-15(12)3/h4-5,11H,6-10H2,1-3H3. The number of aryl methyl sites for hydroxylation is 1. The van der Waals surface area contributed by atoms with E-state index in [1.165, 1.54) is 0 Å². The number of amides is 1. The molecule has 1 fully saturated rings. The predicted molar refractivity (Wildman–Crippen MR) is 70.2 cm³/mol. The first kappa shape index (κ1) is 13.1. The molecule has 0 bridgehead atoms. The number of carbonyl (C=O) groups is 1. The molecule has 2 heterocycles. The van der Waals surface area contributed by atoms with Crippen LogP contribution < -0.4 is 0 Å². The van der Waals surface area contributed by atoms with Crippen LogP contribution in [0.4, 0.5) is 0 Å². The molecule has 5 nitrogen and oxygen atoms in total. The topological polar surface area (TPSA) is 41.4 Å². The van der Waals surface area contributed by atoms with Crippen molar-refractivity contribution < 1.29 is 4.79 Å². The molecule has 1 aliphatic heterocycles. The fourth-order valence-corrected chi connectivity index (χ4v) is 2.33. The molecule has 0 radical (unpaired) electrons. The maximum Gasteiger partial charge on any atom is 0.228 e. The first-order valence-electron chi connectivity index (χ1n) is 6.56. The molecule has 2 rings (SSSR count). The van der Waals surface area contributed by atoms with Gasteiger partial charge >= 0.3 is 0 Å². The lowest BCUT2D eigenvalue weighted by Crippen LogP contribution is -2.51. The Morgan fingerprint density at radius 2 is 2.00 bits per heavy atom. The molecule has 0 N–H and O–H groups in total. The zero-order chi connectivity index (χ0) is 13.1. The summed E-state index contributed by atoms with van der Waals surface area (Å²) < 4.78 is 1.77. The second-order valence-electron chi connectivity index (χ2n) is 5.13. The largest absolute Gasteiger partial charge is 0.340 e. The molecule has 0 spiro atoms. The van der Waals surface area contributed by atoms with Gasteiger partial charge in [-0.2, -0.15) is 5.10 Å². The third-order valence-electron chi connectivity index (χ3n) is 3.65. The van der Waals surface area contributed by atoms with E-state index in [-0.39, 0.29) is 5.91 Å². The summed E-state index contributed by atoms with van der Waals surface area (Å²) in [6, 6.07) is 2.47.